The van der Waals surface area contributed by atoms with Crippen LogP contribution in [0, 0.1) is 35.5 Å². The van der Waals surface area contributed by atoms with Gasteiger partial charge in [0.1, 0.15) is 0 Å². The summed E-state index contributed by atoms with van der Waals surface area (Å²) in [6, 6.07) is 0.661. The van der Waals surface area contributed by atoms with Crippen LogP contribution in [0.25, 0.3) is 0 Å². The van der Waals surface area contributed by atoms with Gasteiger partial charge in [-0.15, -0.1) is 0 Å². The van der Waals surface area contributed by atoms with E-state index >= 15 is 0 Å². The van der Waals surface area contributed by atoms with Gasteiger partial charge in [0.15, 0.2) is 0 Å². The zero-order valence-corrected chi connectivity index (χ0v) is 81.4. The van der Waals surface area contributed by atoms with Gasteiger partial charge in [-0.05, 0) is 255 Å². The van der Waals surface area contributed by atoms with Crippen LogP contribution in [0.2, 0.25) is 0 Å². The van der Waals surface area contributed by atoms with Crippen molar-refractivity contribution in [3.05, 3.63) is 0 Å². The topological polar surface area (TPSA) is 270 Å². The average Bonchev–Trinajstić information content (AvgIpc) is 0.922. The Morgan fingerprint density at radius 3 is 0.784 bits per heavy atom. The van der Waals surface area contributed by atoms with Crippen LogP contribution in [0.4, 0.5) is 0 Å². The van der Waals surface area contributed by atoms with Crippen LogP contribution >= 0.6 is 0 Å². The average molecular weight is 1770 g/mol. The van der Waals surface area contributed by atoms with Gasteiger partial charge in [-0.1, -0.05) is 320 Å². The Bertz CT molecular complexity index is 2350. The Labute approximate surface area is 768 Å². The van der Waals surface area contributed by atoms with Gasteiger partial charge < -0.3 is 56.7 Å². The van der Waals surface area contributed by atoms with Gasteiger partial charge in [0.05, 0.1) is 26.4 Å². The Kier molecular flexibility index (Phi) is 83.0. The van der Waals surface area contributed by atoms with Crippen LogP contribution in [0.3, 0.4) is 0 Å². The van der Waals surface area contributed by atoms with Crippen molar-refractivity contribution in [1.29, 1.82) is 0 Å². The van der Waals surface area contributed by atoms with Crippen molar-refractivity contribution in [3.8, 4) is 0 Å². The number of hydrogen-bond donors (Lipinski definition) is 10. The number of rotatable bonds is 97. The maximum Gasteiger partial charge on any atom is 0.293 e. The molecule has 20 nitrogen and oxygen atoms in total. The van der Waals surface area contributed by atoms with Gasteiger partial charge in [-0.2, -0.15) is 0 Å². The summed E-state index contributed by atoms with van der Waals surface area (Å²) in [5, 5.41) is 47.8. The van der Waals surface area contributed by atoms with E-state index in [0.29, 0.717) is 58.5 Å². The molecule has 0 saturated heterocycles. The first-order valence-electron chi connectivity index (χ1n) is 54.3. The van der Waals surface area contributed by atoms with Crippen LogP contribution in [0.15, 0.2) is 0 Å². The third-order valence-corrected chi connectivity index (χ3v) is 28.4. The third-order valence-electron chi connectivity index (χ3n) is 28.4. The van der Waals surface area contributed by atoms with Gasteiger partial charge in [0.25, 0.3) is 19.4 Å². The first-order valence-corrected chi connectivity index (χ1v) is 54.3. The maximum atomic E-state index is 13.6. The number of hydrogen-bond acceptors (Lipinski definition) is 17. The Hall–Kier alpha value is -3.50. The standard InChI is InChI=1S/C105H203N9O11/c1-2-100(111-103(118)60-42-33-36-54-94-63-69-97(70-64-94)88-108-79-47-24-12-6-3-9-15-30-51-85-123-91-115)57-39-21-18-27-45-77-106-82-75-101(112-104(119)61-43-34-37-55-95-65-71-98(72-66-95)89-109-80-48-25-13-7-4-10-16-31-52-86-124-92-116)58-40-22-19-28-46-78-107-83-76-102(59-41-23-20-29-50-84-114(121)122)113-105(120)62-44-35-38-56-96-67-73-99(74-68-96)90-110-81-49-26-14-8-5-11-17-32-53-87-125-93-117/h91-102,106-110,121-122H,2-90H2,1H3,(H,111,118)(H,112,119)(H,113,120)/t94?,95?,96?,97?,98?,99?,100-,101+,102+/m0/s1. The molecule has 3 atom stereocenters. The number of nitrogens with zero attached hydrogens (tertiary/aromatic N) is 1. The fourth-order valence-corrected chi connectivity index (χ4v) is 20.1. The van der Waals surface area contributed by atoms with Gasteiger partial charge in [0, 0.05) is 37.4 Å². The van der Waals surface area contributed by atoms with Crippen molar-refractivity contribution in [2.75, 3.05) is 91.8 Å². The second kappa shape index (κ2) is 89.7. The zero-order chi connectivity index (χ0) is 89.3. The molecule has 125 heavy (non-hydrogen) atoms. The predicted octanol–water partition coefficient (Wildman–Crippen LogP) is 24.0. The first-order chi connectivity index (χ1) is 61.6. The quantitative estimate of drug-likeness (QED) is 0.0117. The second-order valence-corrected chi connectivity index (χ2v) is 39.6. The van der Waals surface area contributed by atoms with Crippen LogP contribution < -0.4 is 42.5 Å². The van der Waals surface area contributed by atoms with E-state index in [1.165, 1.54) is 328 Å². The summed E-state index contributed by atoms with van der Waals surface area (Å²) in [7, 11) is 0. The van der Waals surface area contributed by atoms with Crippen molar-refractivity contribution in [1.82, 2.24) is 47.8 Å². The molecule has 20 heteroatoms. The monoisotopic (exact) mass is 1770 g/mol. The van der Waals surface area contributed by atoms with E-state index < -0.39 is 0 Å². The molecule has 0 aliphatic heterocycles. The lowest BCUT2D eigenvalue weighted by molar-refractivity contribution is -0.306. The molecule has 0 spiro atoms. The fourth-order valence-electron chi connectivity index (χ4n) is 20.1. The molecule has 0 radical (unpaired) electrons. The molecule has 3 fully saturated rings. The SMILES string of the molecule is CC[C@@H](CCCCCCCNCC[C@@H](CCCCCCCNCC[C@@H](CCCCCCCN(O)O)NC(=O)CCCCCC1CCC(CNCCCCCCCCCCCOC=O)CC1)NC(=O)CCCCCC1CCC(CNCCCCCCCCCCCOC=O)CC1)NC(=O)CCCCCC1CCC(CNCCCCCCCCCCCOC=O)CC1. The van der Waals surface area contributed by atoms with E-state index in [9.17, 15) is 28.8 Å². The first kappa shape index (κ1) is 116. The maximum absolute atomic E-state index is 13.6. The van der Waals surface area contributed by atoms with Crippen LogP contribution in [0.1, 0.15) is 488 Å². The molecule has 3 saturated carbocycles. The van der Waals surface area contributed by atoms with Gasteiger partial charge in [0.2, 0.25) is 17.7 Å². The molecule has 734 valence electrons. The number of unbranched alkanes of at least 4 members (excludes halogenated alkanes) is 42. The summed E-state index contributed by atoms with van der Waals surface area (Å²) in [5.74, 6) is 5.75. The molecule has 3 aliphatic rings. The van der Waals surface area contributed by atoms with Crippen molar-refractivity contribution >= 4 is 37.1 Å². The van der Waals surface area contributed by atoms with E-state index in [4.69, 9.17) is 24.6 Å². The molecule has 0 aromatic heterocycles. The normalized spacial score (nSPS) is 18.0. The summed E-state index contributed by atoms with van der Waals surface area (Å²) < 4.78 is 14.4. The minimum absolute atomic E-state index is 0.170. The van der Waals surface area contributed by atoms with E-state index in [2.05, 4.69) is 49.5 Å². The van der Waals surface area contributed by atoms with Crippen molar-refractivity contribution in [2.24, 2.45) is 35.5 Å². The number of carbonyl (C=O) groups is 6. The smallest absolute Gasteiger partial charge is 0.293 e. The van der Waals surface area contributed by atoms with Crippen molar-refractivity contribution < 1.29 is 53.4 Å². The second-order valence-electron chi connectivity index (χ2n) is 39.6. The fraction of sp³-hybridized carbons (Fsp3) is 0.943. The van der Waals surface area contributed by atoms with Gasteiger partial charge in [-0.3, -0.25) is 39.2 Å². The molecular formula is C105H203N9O11. The Morgan fingerprint density at radius 1 is 0.272 bits per heavy atom. The van der Waals surface area contributed by atoms with E-state index in [1.54, 1.807) is 0 Å². The van der Waals surface area contributed by atoms with E-state index in [1.807, 2.05) is 0 Å². The molecule has 3 aliphatic carbocycles. The molecule has 3 amide bonds. The number of ether oxygens (including phenoxy) is 3. The molecule has 10 N–H and O–H groups in total. The number of hydroxylamine groups is 2. The molecule has 0 heterocycles. The summed E-state index contributed by atoms with van der Waals surface area (Å²) in [6.45, 7) is 16.7. The molecule has 0 aromatic rings. The minimum Gasteiger partial charge on any atom is -0.468 e. The molecule has 0 unspecified atom stereocenters. The van der Waals surface area contributed by atoms with Gasteiger partial charge >= 0.3 is 0 Å². The minimum atomic E-state index is 0.170. The molecule has 0 aromatic carbocycles. The predicted molar refractivity (Wildman–Crippen MR) is 519 cm³/mol. The summed E-state index contributed by atoms with van der Waals surface area (Å²) in [4.78, 5) is 70.8. The third kappa shape index (κ3) is 76.7. The lowest BCUT2D eigenvalue weighted by atomic mass is 9.79. The Morgan fingerprint density at radius 2 is 0.504 bits per heavy atom. The summed E-state index contributed by atoms with van der Waals surface area (Å²) >= 11 is 0. The van der Waals surface area contributed by atoms with E-state index in [0.717, 1.165) is 235 Å². The highest BCUT2D eigenvalue weighted by Gasteiger charge is 2.25. The molecule has 3 rings (SSSR count). The highest BCUT2D eigenvalue weighted by atomic mass is 16.8. The lowest BCUT2D eigenvalue weighted by Crippen LogP contribution is -2.37. The number of nitrogens with one attached hydrogen (secondary N) is 8. The number of amides is 3. The van der Waals surface area contributed by atoms with E-state index in [-0.39, 0.29) is 47.6 Å². The summed E-state index contributed by atoms with van der Waals surface area (Å²) in [5.41, 5.74) is 0. The lowest BCUT2D eigenvalue weighted by Gasteiger charge is -2.28. The highest BCUT2D eigenvalue weighted by molar-refractivity contribution is 5.77. The van der Waals surface area contributed by atoms with Crippen LogP contribution in [-0.2, 0) is 43.0 Å². The zero-order valence-electron chi connectivity index (χ0n) is 81.4. The highest BCUT2D eigenvalue weighted by Crippen LogP contribution is 2.35. The summed E-state index contributed by atoms with van der Waals surface area (Å²) in [6.07, 6.45) is 89.0. The molecular weight excluding hydrogens is 1560 g/mol. The van der Waals surface area contributed by atoms with Gasteiger partial charge in [-0.25, -0.2) is 0 Å². The van der Waals surface area contributed by atoms with Crippen LogP contribution in [0.5, 0.6) is 0 Å². The molecule has 0 bridgehead atoms. The number of carbonyl (C=O) groups excluding carboxylic acids is 6. The van der Waals surface area contributed by atoms with Crippen LogP contribution in [-0.4, -0.2) is 163 Å². The van der Waals surface area contributed by atoms with Crippen molar-refractivity contribution in [3.63, 3.8) is 0 Å². The largest absolute Gasteiger partial charge is 0.468 e. The van der Waals surface area contributed by atoms with Crippen molar-refractivity contribution in [2.45, 2.75) is 507 Å². The Balaban J connectivity index is 1.29.